The average molecular weight is 373 g/mol. The van der Waals surface area contributed by atoms with E-state index in [0.29, 0.717) is 18.5 Å². The number of nitrogens with one attached hydrogen (secondary N) is 1. The van der Waals surface area contributed by atoms with Gasteiger partial charge in [-0.1, -0.05) is 30.3 Å². The van der Waals surface area contributed by atoms with Crippen molar-refractivity contribution in [3.63, 3.8) is 0 Å². The number of aromatic nitrogens is 1. The number of likely N-dealkylation sites (tertiary alicyclic amines) is 1. The second kappa shape index (κ2) is 8.21. The van der Waals surface area contributed by atoms with Crippen LogP contribution >= 0.6 is 0 Å². The Kier molecular flexibility index (Phi) is 5.33. The van der Waals surface area contributed by atoms with Crippen LogP contribution in [0, 0.1) is 0 Å². The maximum atomic E-state index is 12.7. The van der Waals surface area contributed by atoms with E-state index in [1.54, 1.807) is 12.4 Å². The molecule has 142 valence electrons. The molecule has 1 aromatic heterocycles. The van der Waals surface area contributed by atoms with Gasteiger partial charge in [0.1, 0.15) is 0 Å². The summed E-state index contributed by atoms with van der Waals surface area (Å²) in [7, 11) is 0. The van der Waals surface area contributed by atoms with Crippen LogP contribution in [0.3, 0.4) is 0 Å². The molecule has 3 aromatic rings. The van der Waals surface area contributed by atoms with Crippen LogP contribution in [0.2, 0.25) is 0 Å². The number of fused-ring (bicyclic) bond motifs is 1. The van der Waals surface area contributed by atoms with Crippen LogP contribution in [-0.2, 0) is 4.79 Å². The highest BCUT2D eigenvalue weighted by molar-refractivity contribution is 5.98. The number of pyridine rings is 1. The zero-order valence-electron chi connectivity index (χ0n) is 15.7. The van der Waals surface area contributed by atoms with Crippen LogP contribution in [-0.4, -0.2) is 34.8 Å². The summed E-state index contributed by atoms with van der Waals surface area (Å²) in [6.07, 6.45) is 5.81. The molecule has 1 fully saturated rings. The molecule has 1 aliphatic rings. The third-order valence-electron chi connectivity index (χ3n) is 5.30. The Morgan fingerprint density at radius 2 is 1.82 bits per heavy atom. The molecule has 2 aromatic carbocycles. The lowest BCUT2D eigenvalue weighted by atomic mass is 10.1. The minimum absolute atomic E-state index is 0.0816. The second-order valence-corrected chi connectivity index (χ2v) is 7.09. The lowest BCUT2D eigenvalue weighted by Gasteiger charge is -2.25. The summed E-state index contributed by atoms with van der Waals surface area (Å²) >= 11 is 0. The maximum Gasteiger partial charge on any atom is 0.251 e. The predicted molar refractivity (Wildman–Crippen MR) is 109 cm³/mol. The van der Waals surface area contributed by atoms with Crippen molar-refractivity contribution in [3.05, 3.63) is 78.1 Å². The molecular weight excluding hydrogens is 350 g/mol. The molecule has 1 N–H and O–H groups in total. The maximum absolute atomic E-state index is 12.7. The number of hydrogen-bond acceptors (Lipinski definition) is 3. The number of nitrogens with zero attached hydrogens (tertiary/aromatic N) is 2. The summed E-state index contributed by atoms with van der Waals surface area (Å²) in [5.41, 5.74) is 1.74. The molecule has 4 rings (SSSR count). The van der Waals surface area contributed by atoms with Crippen LogP contribution in [0.15, 0.2) is 67.0 Å². The first-order valence-corrected chi connectivity index (χ1v) is 9.69. The molecule has 2 amide bonds. The molecular formula is C23H23N3O2. The lowest BCUT2D eigenvalue weighted by Crippen LogP contribution is -2.34. The number of benzene rings is 2. The van der Waals surface area contributed by atoms with Gasteiger partial charge in [0.05, 0.1) is 6.04 Å². The highest BCUT2D eigenvalue weighted by Gasteiger charge is 2.29. The predicted octanol–water partition coefficient (Wildman–Crippen LogP) is 3.72. The van der Waals surface area contributed by atoms with Gasteiger partial charge in [-0.05, 0) is 53.4 Å². The first-order chi connectivity index (χ1) is 13.7. The summed E-state index contributed by atoms with van der Waals surface area (Å²) in [5.74, 6) is -0.0659. The molecule has 0 spiro atoms. The second-order valence-electron chi connectivity index (χ2n) is 7.09. The van der Waals surface area contributed by atoms with Crippen molar-refractivity contribution in [2.75, 3.05) is 13.1 Å². The highest BCUT2D eigenvalue weighted by Crippen LogP contribution is 2.31. The monoisotopic (exact) mass is 373 g/mol. The fourth-order valence-electron chi connectivity index (χ4n) is 3.86. The zero-order chi connectivity index (χ0) is 19.3. The Morgan fingerprint density at radius 1 is 1.04 bits per heavy atom. The third-order valence-corrected chi connectivity index (χ3v) is 5.30. The minimum Gasteiger partial charge on any atom is -0.352 e. The standard InChI is InChI=1S/C23H23N3O2/c27-22(26-15-3-6-21(26)18-9-12-24-13-10-18)11-14-25-23(28)20-8-7-17-4-1-2-5-19(17)16-20/h1-2,4-5,7-10,12-13,16,21H,3,6,11,14-15H2,(H,25,28). The van der Waals surface area contributed by atoms with E-state index in [4.69, 9.17) is 0 Å². The van der Waals surface area contributed by atoms with E-state index >= 15 is 0 Å². The number of amides is 2. The van der Waals surface area contributed by atoms with Crippen LogP contribution in [0.1, 0.15) is 41.2 Å². The van der Waals surface area contributed by atoms with Gasteiger partial charge in [-0.25, -0.2) is 0 Å². The number of hydrogen-bond donors (Lipinski definition) is 1. The number of carbonyl (C=O) groups is 2. The Hall–Kier alpha value is -3.21. The first kappa shape index (κ1) is 18.2. The molecule has 0 saturated carbocycles. The van der Waals surface area contributed by atoms with Crippen molar-refractivity contribution in [1.29, 1.82) is 0 Å². The number of carbonyl (C=O) groups excluding carboxylic acids is 2. The van der Waals surface area contributed by atoms with Gasteiger partial charge in [0, 0.05) is 37.5 Å². The van der Waals surface area contributed by atoms with E-state index in [1.807, 2.05) is 59.5 Å². The summed E-state index contributed by atoms with van der Waals surface area (Å²) in [6.45, 7) is 1.11. The smallest absolute Gasteiger partial charge is 0.251 e. The molecule has 2 heterocycles. The molecule has 1 saturated heterocycles. The Bertz CT molecular complexity index is 987. The fraction of sp³-hybridized carbons (Fsp3) is 0.261. The molecule has 0 radical (unpaired) electrons. The van der Waals surface area contributed by atoms with E-state index < -0.39 is 0 Å². The topological polar surface area (TPSA) is 62.3 Å². The highest BCUT2D eigenvalue weighted by atomic mass is 16.2. The van der Waals surface area contributed by atoms with Crippen LogP contribution in [0.25, 0.3) is 10.8 Å². The van der Waals surface area contributed by atoms with Gasteiger partial charge in [-0.15, -0.1) is 0 Å². The molecule has 0 aliphatic carbocycles. The van der Waals surface area contributed by atoms with Gasteiger partial charge < -0.3 is 10.2 Å². The quantitative estimate of drug-likeness (QED) is 0.741. The first-order valence-electron chi connectivity index (χ1n) is 9.69. The molecule has 5 nitrogen and oxygen atoms in total. The summed E-state index contributed by atoms with van der Waals surface area (Å²) in [4.78, 5) is 31.1. The van der Waals surface area contributed by atoms with E-state index in [-0.39, 0.29) is 17.9 Å². The summed E-state index contributed by atoms with van der Waals surface area (Å²) in [5, 5.41) is 5.01. The van der Waals surface area contributed by atoms with Crippen molar-refractivity contribution in [2.24, 2.45) is 0 Å². The van der Waals surface area contributed by atoms with Crippen LogP contribution in [0.4, 0.5) is 0 Å². The van der Waals surface area contributed by atoms with E-state index in [1.165, 1.54) is 0 Å². The van der Waals surface area contributed by atoms with E-state index in [9.17, 15) is 9.59 Å². The van der Waals surface area contributed by atoms with Crippen LogP contribution in [0.5, 0.6) is 0 Å². The molecule has 0 bridgehead atoms. The van der Waals surface area contributed by atoms with Gasteiger partial charge in [0.15, 0.2) is 0 Å². The SMILES string of the molecule is O=C(NCCC(=O)N1CCCC1c1ccncc1)c1ccc2ccccc2c1. The number of rotatable bonds is 5. The van der Waals surface area contributed by atoms with Crippen molar-refractivity contribution in [2.45, 2.75) is 25.3 Å². The molecule has 1 atom stereocenters. The molecule has 5 heteroatoms. The van der Waals surface area contributed by atoms with Crippen molar-refractivity contribution in [1.82, 2.24) is 15.2 Å². The van der Waals surface area contributed by atoms with Gasteiger partial charge in [-0.2, -0.15) is 0 Å². The van der Waals surface area contributed by atoms with Crippen molar-refractivity contribution >= 4 is 22.6 Å². The Labute approximate surface area is 164 Å². The molecule has 1 aliphatic heterocycles. The Balaban J connectivity index is 1.33. The van der Waals surface area contributed by atoms with Gasteiger partial charge in [0.2, 0.25) is 5.91 Å². The van der Waals surface area contributed by atoms with Gasteiger partial charge in [0.25, 0.3) is 5.91 Å². The lowest BCUT2D eigenvalue weighted by molar-refractivity contribution is -0.132. The van der Waals surface area contributed by atoms with Gasteiger partial charge >= 0.3 is 0 Å². The van der Waals surface area contributed by atoms with Crippen molar-refractivity contribution < 1.29 is 9.59 Å². The summed E-state index contributed by atoms with van der Waals surface area (Å²) < 4.78 is 0. The van der Waals surface area contributed by atoms with Crippen molar-refractivity contribution in [3.8, 4) is 0 Å². The average Bonchev–Trinajstić information content (AvgIpc) is 3.24. The largest absolute Gasteiger partial charge is 0.352 e. The molecule has 1 unspecified atom stereocenters. The normalized spacial score (nSPS) is 16.3. The summed E-state index contributed by atoms with van der Waals surface area (Å²) in [6, 6.07) is 17.6. The van der Waals surface area contributed by atoms with E-state index in [0.717, 1.165) is 35.7 Å². The van der Waals surface area contributed by atoms with E-state index in [2.05, 4.69) is 10.3 Å². The minimum atomic E-state index is -0.148. The molecule has 28 heavy (non-hydrogen) atoms. The van der Waals surface area contributed by atoms with Crippen LogP contribution < -0.4 is 5.32 Å². The Morgan fingerprint density at radius 3 is 2.64 bits per heavy atom. The third kappa shape index (κ3) is 3.88. The fourth-order valence-corrected chi connectivity index (χ4v) is 3.86. The van der Waals surface area contributed by atoms with Gasteiger partial charge in [-0.3, -0.25) is 14.6 Å². The zero-order valence-corrected chi connectivity index (χ0v) is 15.7.